The average molecular weight is 269 g/mol. The number of rotatable bonds is 6. The molecule has 1 heterocycles. The van der Waals surface area contributed by atoms with E-state index in [4.69, 9.17) is 0 Å². The average Bonchev–Trinajstić information content (AvgIpc) is 2.64. The summed E-state index contributed by atoms with van der Waals surface area (Å²) in [7, 11) is 1.70. The van der Waals surface area contributed by atoms with Gasteiger partial charge in [-0.25, -0.2) is 0 Å². The van der Waals surface area contributed by atoms with Crippen LogP contribution in [0.15, 0.2) is 0 Å². The highest BCUT2D eigenvalue weighted by molar-refractivity contribution is 5.81. The number of hydrogen-bond acceptors (Lipinski definition) is 3. The third kappa shape index (κ3) is 5.91. The van der Waals surface area contributed by atoms with E-state index in [9.17, 15) is 4.79 Å². The van der Waals surface area contributed by atoms with Crippen molar-refractivity contribution in [1.29, 1.82) is 0 Å². The minimum atomic E-state index is -0.347. The quantitative estimate of drug-likeness (QED) is 0.687. The normalized spacial score (nSPS) is 22.6. The van der Waals surface area contributed by atoms with Crippen LogP contribution in [0, 0.1) is 5.41 Å². The van der Waals surface area contributed by atoms with Crippen molar-refractivity contribution in [3.05, 3.63) is 0 Å². The van der Waals surface area contributed by atoms with Crippen molar-refractivity contribution in [2.75, 3.05) is 20.1 Å². The minimum Gasteiger partial charge on any atom is -0.359 e. The van der Waals surface area contributed by atoms with Gasteiger partial charge in [0.05, 0.1) is 5.41 Å². The summed E-state index contributed by atoms with van der Waals surface area (Å²) < 4.78 is 0. The molecule has 1 aliphatic heterocycles. The molecular formula is C15H31N3O. The second-order valence-electron chi connectivity index (χ2n) is 6.48. The summed E-state index contributed by atoms with van der Waals surface area (Å²) in [6.45, 7) is 8.05. The van der Waals surface area contributed by atoms with Crippen molar-refractivity contribution in [3.8, 4) is 0 Å². The molecule has 0 aliphatic carbocycles. The Bertz CT molecular complexity index is 271. The van der Waals surface area contributed by atoms with Crippen LogP contribution in [0.5, 0.6) is 0 Å². The van der Waals surface area contributed by atoms with Crippen LogP contribution >= 0.6 is 0 Å². The van der Waals surface area contributed by atoms with Crippen molar-refractivity contribution >= 4 is 5.91 Å². The van der Waals surface area contributed by atoms with Gasteiger partial charge >= 0.3 is 0 Å². The number of hydrogen-bond donors (Lipinski definition) is 3. The molecule has 4 nitrogen and oxygen atoms in total. The molecule has 4 heteroatoms. The molecule has 0 aromatic carbocycles. The predicted molar refractivity (Wildman–Crippen MR) is 80.2 cm³/mol. The van der Waals surface area contributed by atoms with Crippen molar-refractivity contribution in [2.24, 2.45) is 5.41 Å². The summed E-state index contributed by atoms with van der Waals surface area (Å²) in [5, 5.41) is 9.86. The summed E-state index contributed by atoms with van der Waals surface area (Å²) >= 11 is 0. The summed E-state index contributed by atoms with van der Waals surface area (Å²) in [6.07, 6.45) is 6.43. The van der Waals surface area contributed by atoms with Crippen LogP contribution in [-0.2, 0) is 4.79 Å². The zero-order chi connectivity index (χ0) is 14.3. The van der Waals surface area contributed by atoms with Crippen LogP contribution in [-0.4, -0.2) is 38.1 Å². The van der Waals surface area contributed by atoms with Gasteiger partial charge in [-0.05, 0) is 46.6 Å². The second-order valence-corrected chi connectivity index (χ2v) is 6.48. The summed E-state index contributed by atoms with van der Waals surface area (Å²) in [4.78, 5) is 11.7. The maximum atomic E-state index is 11.7. The maximum Gasteiger partial charge on any atom is 0.226 e. The SMILES string of the molecule is CNC(=O)C(C)(C)CNC(C)CC1CCCCCN1. The van der Waals surface area contributed by atoms with Crippen molar-refractivity contribution in [2.45, 2.75) is 65.0 Å². The minimum absolute atomic E-state index is 0.0970. The molecule has 112 valence electrons. The van der Waals surface area contributed by atoms with Gasteiger partial charge in [-0.15, -0.1) is 0 Å². The largest absolute Gasteiger partial charge is 0.359 e. The zero-order valence-corrected chi connectivity index (χ0v) is 13.0. The zero-order valence-electron chi connectivity index (χ0n) is 13.0. The predicted octanol–water partition coefficient (Wildman–Crippen LogP) is 1.66. The lowest BCUT2D eigenvalue weighted by Gasteiger charge is -2.27. The highest BCUT2D eigenvalue weighted by atomic mass is 16.2. The fourth-order valence-electron chi connectivity index (χ4n) is 2.66. The molecule has 0 aromatic rings. The molecule has 3 N–H and O–H groups in total. The number of amides is 1. The summed E-state index contributed by atoms with van der Waals surface area (Å²) in [5.74, 6) is 0.0970. The van der Waals surface area contributed by atoms with Gasteiger partial charge < -0.3 is 16.0 Å². The molecule has 2 atom stereocenters. The summed E-state index contributed by atoms with van der Waals surface area (Å²) in [6, 6.07) is 1.08. The van der Waals surface area contributed by atoms with Gasteiger partial charge in [0.2, 0.25) is 5.91 Å². The molecule has 19 heavy (non-hydrogen) atoms. The molecule has 1 saturated heterocycles. The molecule has 1 fully saturated rings. The number of carbonyl (C=O) groups excluding carboxylic acids is 1. The molecule has 0 radical (unpaired) electrons. The molecule has 2 unspecified atom stereocenters. The number of carbonyl (C=O) groups is 1. The van der Waals surface area contributed by atoms with Crippen molar-refractivity contribution in [1.82, 2.24) is 16.0 Å². The van der Waals surface area contributed by atoms with E-state index in [1.807, 2.05) is 13.8 Å². The Kier molecular flexibility index (Phi) is 6.80. The molecule has 0 bridgehead atoms. The molecule has 0 saturated carbocycles. The Hall–Kier alpha value is -0.610. The fourth-order valence-corrected chi connectivity index (χ4v) is 2.66. The topological polar surface area (TPSA) is 53.2 Å². The highest BCUT2D eigenvalue weighted by Gasteiger charge is 2.27. The third-order valence-electron chi connectivity index (χ3n) is 4.03. The maximum absolute atomic E-state index is 11.7. The Labute approximate surface area is 118 Å². The van der Waals surface area contributed by atoms with E-state index >= 15 is 0 Å². The van der Waals surface area contributed by atoms with Crippen LogP contribution < -0.4 is 16.0 Å². The lowest BCUT2D eigenvalue weighted by Crippen LogP contribution is -2.45. The van der Waals surface area contributed by atoms with Crippen LogP contribution in [0.3, 0.4) is 0 Å². The van der Waals surface area contributed by atoms with Gasteiger partial charge in [0.1, 0.15) is 0 Å². The Morgan fingerprint density at radius 1 is 1.37 bits per heavy atom. The first kappa shape index (κ1) is 16.4. The van der Waals surface area contributed by atoms with Crippen LogP contribution in [0.2, 0.25) is 0 Å². The van der Waals surface area contributed by atoms with Crippen LogP contribution in [0.1, 0.15) is 52.9 Å². The van der Waals surface area contributed by atoms with Crippen LogP contribution in [0.25, 0.3) is 0 Å². The van der Waals surface area contributed by atoms with E-state index in [-0.39, 0.29) is 11.3 Å². The van der Waals surface area contributed by atoms with E-state index in [0.29, 0.717) is 12.1 Å². The van der Waals surface area contributed by atoms with E-state index in [0.717, 1.165) is 19.5 Å². The first-order valence-corrected chi connectivity index (χ1v) is 7.64. The third-order valence-corrected chi connectivity index (χ3v) is 4.03. The van der Waals surface area contributed by atoms with Crippen molar-refractivity contribution < 1.29 is 4.79 Å². The Morgan fingerprint density at radius 2 is 2.11 bits per heavy atom. The lowest BCUT2D eigenvalue weighted by atomic mass is 9.91. The smallest absolute Gasteiger partial charge is 0.226 e. The Balaban J connectivity index is 2.30. The monoisotopic (exact) mass is 269 g/mol. The van der Waals surface area contributed by atoms with Gasteiger partial charge in [0.15, 0.2) is 0 Å². The van der Waals surface area contributed by atoms with E-state index in [1.54, 1.807) is 7.05 Å². The van der Waals surface area contributed by atoms with Crippen molar-refractivity contribution in [3.63, 3.8) is 0 Å². The lowest BCUT2D eigenvalue weighted by molar-refractivity contribution is -0.128. The molecule has 1 amide bonds. The second kappa shape index (κ2) is 7.85. The molecule has 1 rings (SSSR count). The molecule has 0 spiro atoms. The fraction of sp³-hybridized carbons (Fsp3) is 0.933. The van der Waals surface area contributed by atoms with Gasteiger partial charge in [-0.3, -0.25) is 4.79 Å². The van der Waals surface area contributed by atoms with E-state index in [1.165, 1.54) is 25.7 Å². The number of nitrogens with one attached hydrogen (secondary N) is 3. The van der Waals surface area contributed by atoms with E-state index < -0.39 is 0 Å². The first-order chi connectivity index (χ1) is 8.95. The van der Waals surface area contributed by atoms with E-state index in [2.05, 4.69) is 22.9 Å². The molecular weight excluding hydrogens is 238 g/mol. The van der Waals surface area contributed by atoms with Crippen LogP contribution in [0.4, 0.5) is 0 Å². The Morgan fingerprint density at radius 3 is 2.79 bits per heavy atom. The van der Waals surface area contributed by atoms with Gasteiger partial charge in [-0.1, -0.05) is 12.8 Å². The van der Waals surface area contributed by atoms with Gasteiger partial charge in [0, 0.05) is 25.7 Å². The standard InChI is InChI=1S/C15H31N3O/c1-12(10-13-8-6-5-7-9-17-13)18-11-15(2,3)14(19)16-4/h12-13,17-18H,5-11H2,1-4H3,(H,16,19). The molecule has 0 aromatic heterocycles. The van der Waals surface area contributed by atoms with Gasteiger partial charge in [0.25, 0.3) is 0 Å². The first-order valence-electron chi connectivity index (χ1n) is 7.64. The summed E-state index contributed by atoms with van der Waals surface area (Å²) in [5.41, 5.74) is -0.347. The highest BCUT2D eigenvalue weighted by Crippen LogP contribution is 2.16. The molecule has 1 aliphatic rings. The van der Waals surface area contributed by atoms with Gasteiger partial charge in [-0.2, -0.15) is 0 Å².